The Bertz CT molecular complexity index is 456. The third-order valence-corrected chi connectivity index (χ3v) is 3.61. The number of aliphatic hydroxyl groups is 1. The SMILES string of the molecule is CC1CCCC(OCc2cccc(C#CCO)c2)C1. The maximum atomic E-state index is 8.70. The van der Waals surface area contributed by atoms with E-state index in [4.69, 9.17) is 9.84 Å². The van der Waals surface area contributed by atoms with Crippen LogP contribution in [-0.4, -0.2) is 17.8 Å². The first-order chi connectivity index (χ1) is 9.28. The quantitative estimate of drug-likeness (QED) is 0.844. The van der Waals surface area contributed by atoms with Gasteiger partial charge >= 0.3 is 0 Å². The molecule has 2 atom stereocenters. The minimum atomic E-state index is -0.0965. The molecule has 1 fully saturated rings. The van der Waals surface area contributed by atoms with Crippen molar-refractivity contribution in [2.24, 2.45) is 5.92 Å². The van der Waals surface area contributed by atoms with Gasteiger partial charge in [0.25, 0.3) is 0 Å². The molecule has 1 aromatic rings. The van der Waals surface area contributed by atoms with Gasteiger partial charge in [0.2, 0.25) is 0 Å². The molecule has 19 heavy (non-hydrogen) atoms. The van der Waals surface area contributed by atoms with E-state index in [-0.39, 0.29) is 6.61 Å². The van der Waals surface area contributed by atoms with E-state index in [1.807, 2.05) is 18.2 Å². The molecule has 1 aliphatic rings. The Balaban J connectivity index is 1.88. The molecule has 1 aliphatic carbocycles. The lowest BCUT2D eigenvalue weighted by atomic mass is 9.89. The van der Waals surface area contributed by atoms with E-state index in [1.165, 1.54) is 25.7 Å². The first kappa shape index (κ1) is 14.1. The van der Waals surface area contributed by atoms with Crippen LogP contribution in [0.4, 0.5) is 0 Å². The Morgan fingerprint density at radius 2 is 2.26 bits per heavy atom. The van der Waals surface area contributed by atoms with E-state index in [0.29, 0.717) is 12.7 Å². The van der Waals surface area contributed by atoms with Gasteiger partial charge in [0.1, 0.15) is 6.61 Å². The van der Waals surface area contributed by atoms with Crippen LogP contribution in [0.3, 0.4) is 0 Å². The summed E-state index contributed by atoms with van der Waals surface area (Å²) in [5, 5.41) is 8.70. The average Bonchev–Trinajstić information content (AvgIpc) is 2.43. The lowest BCUT2D eigenvalue weighted by Crippen LogP contribution is -2.21. The summed E-state index contributed by atoms with van der Waals surface area (Å²) in [7, 11) is 0. The predicted octanol–water partition coefficient (Wildman–Crippen LogP) is 3.13. The van der Waals surface area contributed by atoms with Gasteiger partial charge in [-0.3, -0.25) is 0 Å². The van der Waals surface area contributed by atoms with Gasteiger partial charge in [-0.25, -0.2) is 0 Å². The van der Waals surface area contributed by atoms with Crippen molar-refractivity contribution in [2.45, 2.75) is 45.3 Å². The highest BCUT2D eigenvalue weighted by atomic mass is 16.5. The van der Waals surface area contributed by atoms with Gasteiger partial charge in [0, 0.05) is 5.56 Å². The fourth-order valence-corrected chi connectivity index (χ4v) is 2.62. The molecule has 2 heteroatoms. The summed E-state index contributed by atoms with van der Waals surface area (Å²) in [5.41, 5.74) is 2.09. The smallest absolute Gasteiger partial charge is 0.104 e. The fraction of sp³-hybridized carbons (Fsp3) is 0.529. The third-order valence-electron chi connectivity index (χ3n) is 3.61. The summed E-state index contributed by atoms with van der Waals surface area (Å²) in [6.07, 6.45) is 5.41. The lowest BCUT2D eigenvalue weighted by Gasteiger charge is -2.26. The molecule has 0 amide bonds. The summed E-state index contributed by atoms with van der Waals surface area (Å²) < 4.78 is 6.00. The fourth-order valence-electron chi connectivity index (χ4n) is 2.62. The first-order valence-corrected chi connectivity index (χ1v) is 7.08. The summed E-state index contributed by atoms with van der Waals surface area (Å²) in [6.45, 7) is 2.87. The summed E-state index contributed by atoms with van der Waals surface area (Å²) in [6, 6.07) is 8.05. The third kappa shape index (κ3) is 4.70. The predicted molar refractivity (Wildman–Crippen MR) is 76.6 cm³/mol. The highest BCUT2D eigenvalue weighted by Crippen LogP contribution is 2.26. The van der Waals surface area contributed by atoms with Gasteiger partial charge in [0.15, 0.2) is 0 Å². The number of hydrogen-bond donors (Lipinski definition) is 1. The van der Waals surface area contributed by atoms with E-state index >= 15 is 0 Å². The van der Waals surface area contributed by atoms with E-state index in [2.05, 4.69) is 24.8 Å². The van der Waals surface area contributed by atoms with Crippen molar-refractivity contribution < 1.29 is 9.84 Å². The number of aliphatic hydroxyl groups excluding tert-OH is 1. The van der Waals surface area contributed by atoms with Crippen molar-refractivity contribution in [1.82, 2.24) is 0 Å². The van der Waals surface area contributed by atoms with Gasteiger partial charge in [0.05, 0.1) is 12.7 Å². The minimum absolute atomic E-state index is 0.0965. The molecule has 0 saturated heterocycles. The van der Waals surface area contributed by atoms with Gasteiger partial charge < -0.3 is 9.84 Å². The van der Waals surface area contributed by atoms with Crippen LogP contribution in [0.5, 0.6) is 0 Å². The van der Waals surface area contributed by atoms with Gasteiger partial charge in [-0.05, 0) is 36.5 Å². The Morgan fingerprint density at radius 1 is 1.37 bits per heavy atom. The number of benzene rings is 1. The van der Waals surface area contributed by atoms with Crippen LogP contribution in [-0.2, 0) is 11.3 Å². The topological polar surface area (TPSA) is 29.5 Å². The van der Waals surface area contributed by atoms with E-state index in [0.717, 1.165) is 17.0 Å². The maximum absolute atomic E-state index is 8.70. The van der Waals surface area contributed by atoms with Crippen molar-refractivity contribution in [1.29, 1.82) is 0 Å². The molecule has 1 saturated carbocycles. The molecule has 0 radical (unpaired) electrons. The molecule has 0 aliphatic heterocycles. The Morgan fingerprint density at radius 3 is 3.05 bits per heavy atom. The molecular formula is C17H22O2. The normalized spacial score (nSPS) is 22.6. The largest absolute Gasteiger partial charge is 0.384 e. The standard InChI is InChI=1S/C17H22O2/c1-14-5-2-9-17(11-14)19-13-16-7-3-6-15(12-16)8-4-10-18/h3,6-7,12,14,17-18H,2,5,9-11,13H2,1H3. The second-order valence-corrected chi connectivity index (χ2v) is 5.37. The highest BCUT2D eigenvalue weighted by molar-refractivity contribution is 5.36. The van der Waals surface area contributed by atoms with Gasteiger partial charge in [-0.15, -0.1) is 0 Å². The first-order valence-electron chi connectivity index (χ1n) is 7.08. The minimum Gasteiger partial charge on any atom is -0.384 e. The zero-order chi connectivity index (χ0) is 13.5. The Labute approximate surface area is 115 Å². The summed E-state index contributed by atoms with van der Waals surface area (Å²) >= 11 is 0. The number of ether oxygens (including phenoxy) is 1. The van der Waals surface area contributed by atoms with Crippen LogP contribution in [0.15, 0.2) is 24.3 Å². The van der Waals surface area contributed by atoms with Crippen molar-refractivity contribution in [3.05, 3.63) is 35.4 Å². The average molecular weight is 258 g/mol. The molecule has 1 aromatic carbocycles. The summed E-state index contributed by atoms with van der Waals surface area (Å²) in [5.74, 6) is 6.38. The van der Waals surface area contributed by atoms with Crippen LogP contribution in [0.25, 0.3) is 0 Å². The molecule has 2 unspecified atom stereocenters. The molecule has 102 valence electrons. The monoisotopic (exact) mass is 258 g/mol. The molecule has 0 aromatic heterocycles. The van der Waals surface area contributed by atoms with Crippen LogP contribution in [0.2, 0.25) is 0 Å². The van der Waals surface area contributed by atoms with Crippen LogP contribution < -0.4 is 0 Å². The van der Waals surface area contributed by atoms with E-state index in [9.17, 15) is 0 Å². The van der Waals surface area contributed by atoms with Gasteiger partial charge in [-0.2, -0.15) is 0 Å². The number of hydrogen-bond acceptors (Lipinski definition) is 2. The molecule has 2 nitrogen and oxygen atoms in total. The molecule has 1 N–H and O–H groups in total. The lowest BCUT2D eigenvalue weighted by molar-refractivity contribution is 0.00466. The molecule has 0 heterocycles. The van der Waals surface area contributed by atoms with Crippen LogP contribution >= 0.6 is 0 Å². The van der Waals surface area contributed by atoms with Crippen molar-refractivity contribution >= 4 is 0 Å². The summed E-state index contributed by atoms with van der Waals surface area (Å²) in [4.78, 5) is 0. The number of rotatable bonds is 3. The van der Waals surface area contributed by atoms with E-state index in [1.54, 1.807) is 0 Å². The molecule has 2 rings (SSSR count). The molecule has 0 spiro atoms. The Hall–Kier alpha value is -1.30. The zero-order valence-electron chi connectivity index (χ0n) is 11.6. The molecule has 0 bridgehead atoms. The second-order valence-electron chi connectivity index (χ2n) is 5.37. The van der Waals surface area contributed by atoms with E-state index < -0.39 is 0 Å². The molecular weight excluding hydrogens is 236 g/mol. The van der Waals surface area contributed by atoms with Crippen molar-refractivity contribution in [2.75, 3.05) is 6.61 Å². The Kier molecular flexibility index (Phi) is 5.44. The highest BCUT2D eigenvalue weighted by Gasteiger charge is 2.19. The van der Waals surface area contributed by atoms with Crippen LogP contribution in [0.1, 0.15) is 43.7 Å². The van der Waals surface area contributed by atoms with Crippen molar-refractivity contribution in [3.8, 4) is 11.8 Å². The maximum Gasteiger partial charge on any atom is 0.104 e. The van der Waals surface area contributed by atoms with Crippen molar-refractivity contribution in [3.63, 3.8) is 0 Å². The van der Waals surface area contributed by atoms with Crippen LogP contribution in [0, 0.1) is 17.8 Å². The second kappa shape index (κ2) is 7.33. The van der Waals surface area contributed by atoms with Gasteiger partial charge in [-0.1, -0.05) is 43.7 Å². The zero-order valence-corrected chi connectivity index (χ0v) is 11.6.